The number of likely N-dealkylation sites (tertiary alicyclic amines) is 2. The number of benzene rings is 2. The molecule has 0 spiro atoms. The molecule has 21 heteroatoms. The van der Waals surface area contributed by atoms with E-state index in [1.165, 1.54) is 9.80 Å². The Kier molecular flexibility index (Phi) is 17.5. The number of aryl methyl sites for hydroxylation is 2. The number of hydrogen-bond donors (Lipinski definition) is 9. The number of aromatic amines is 1. The zero-order valence-corrected chi connectivity index (χ0v) is 45.0. The number of hydrogen-bond acceptors (Lipinski definition) is 12. The van der Waals surface area contributed by atoms with E-state index in [1.807, 2.05) is 90.1 Å². The number of amides is 8. The molecule has 2 aliphatic carbocycles. The van der Waals surface area contributed by atoms with Gasteiger partial charge in [0.1, 0.15) is 24.2 Å². The number of H-pyrrole nitrogens is 1. The second kappa shape index (κ2) is 23.4. The number of nitrogens with one attached hydrogen (secondary N) is 9. The Morgan fingerprint density at radius 1 is 0.573 bits per heavy atom. The zero-order valence-electron chi connectivity index (χ0n) is 45.0. The molecule has 7 rings (SSSR count). The fourth-order valence-corrected chi connectivity index (χ4v) is 10.7. The minimum Gasteiger partial charge on any atom is -0.347 e. The fraction of sp³-hybridized carbons (Fsp3) is 0.593. The second-order valence-electron chi connectivity index (χ2n) is 22.8. The van der Waals surface area contributed by atoms with Crippen LogP contribution in [0.1, 0.15) is 149 Å². The highest BCUT2D eigenvalue weighted by Crippen LogP contribution is 2.34. The summed E-state index contributed by atoms with van der Waals surface area (Å²) < 4.78 is 0. The van der Waals surface area contributed by atoms with Gasteiger partial charge >= 0.3 is 0 Å². The van der Waals surface area contributed by atoms with Gasteiger partial charge in [0.05, 0.1) is 24.2 Å². The van der Waals surface area contributed by atoms with Crippen LogP contribution in [0, 0.1) is 10.8 Å². The Hall–Kier alpha value is -6.74. The molecule has 0 saturated carbocycles. The molecule has 406 valence electrons. The van der Waals surface area contributed by atoms with E-state index < -0.39 is 106 Å². The van der Waals surface area contributed by atoms with Crippen LogP contribution in [0.4, 0.5) is 0 Å². The Labute approximate surface area is 439 Å². The van der Waals surface area contributed by atoms with Crippen molar-refractivity contribution in [3.05, 3.63) is 82.2 Å². The molecule has 2 aromatic carbocycles. The number of carbonyl (C=O) groups excluding carboxylic acids is 8. The van der Waals surface area contributed by atoms with Crippen molar-refractivity contribution in [2.45, 2.75) is 167 Å². The van der Waals surface area contributed by atoms with Gasteiger partial charge < -0.3 is 52.3 Å². The van der Waals surface area contributed by atoms with Gasteiger partial charge in [0, 0.05) is 25.2 Å². The summed E-state index contributed by atoms with van der Waals surface area (Å²) in [6.07, 6.45) is 4.92. The minimum absolute atomic E-state index is 0.0144. The molecule has 3 heterocycles. The summed E-state index contributed by atoms with van der Waals surface area (Å²) in [6.45, 7) is 14.1. The minimum atomic E-state index is -1.04. The van der Waals surface area contributed by atoms with Gasteiger partial charge in [-0.05, 0) is 112 Å². The maximum Gasteiger partial charge on any atom is 0.274 e. The van der Waals surface area contributed by atoms with E-state index in [4.69, 9.17) is 0 Å². The van der Waals surface area contributed by atoms with Crippen molar-refractivity contribution in [3.63, 3.8) is 0 Å². The van der Waals surface area contributed by atoms with E-state index in [1.54, 1.807) is 27.9 Å². The number of fused-ring (bicyclic) bond motifs is 2. The predicted molar refractivity (Wildman–Crippen MR) is 279 cm³/mol. The first kappa shape index (κ1) is 56.0. The fourth-order valence-electron chi connectivity index (χ4n) is 10.7. The number of nitrogens with zero attached hydrogens (tertiary/aromatic N) is 4. The van der Waals surface area contributed by atoms with Gasteiger partial charge in [0.15, 0.2) is 11.4 Å². The summed E-state index contributed by atoms with van der Waals surface area (Å²) in [4.78, 5) is 116. The topological polar surface area (TPSA) is 281 Å². The van der Waals surface area contributed by atoms with Gasteiger partial charge in [-0.3, -0.25) is 38.4 Å². The molecule has 21 nitrogen and oxygen atoms in total. The Morgan fingerprint density at radius 3 is 1.31 bits per heavy atom. The summed E-state index contributed by atoms with van der Waals surface area (Å²) in [5.74, 6) is -4.20. The zero-order chi connectivity index (χ0) is 54.5. The average Bonchev–Trinajstić information content (AvgIpc) is 4.16. The van der Waals surface area contributed by atoms with Gasteiger partial charge in [-0.1, -0.05) is 90.1 Å². The highest BCUT2D eigenvalue weighted by Gasteiger charge is 2.48. The molecule has 3 aromatic rings. The van der Waals surface area contributed by atoms with Crippen molar-refractivity contribution in [1.82, 2.24) is 67.7 Å². The number of carbonyl (C=O) groups is 8. The third kappa shape index (κ3) is 12.9. The Bertz CT molecular complexity index is 2450. The molecule has 0 radical (unpaired) electrons. The normalized spacial score (nSPS) is 23.1. The summed E-state index contributed by atoms with van der Waals surface area (Å²) in [7, 11) is 3.28. The Balaban J connectivity index is 1.10. The van der Waals surface area contributed by atoms with Crippen LogP contribution in [0.15, 0.2) is 48.5 Å². The van der Waals surface area contributed by atoms with Gasteiger partial charge in [-0.2, -0.15) is 5.21 Å². The first-order valence-corrected chi connectivity index (χ1v) is 26.4. The van der Waals surface area contributed by atoms with Crippen LogP contribution in [-0.4, -0.2) is 148 Å². The lowest BCUT2D eigenvalue weighted by Crippen LogP contribution is -2.59. The maximum atomic E-state index is 14.7. The molecule has 1 aromatic heterocycles. The molecule has 8 amide bonds. The van der Waals surface area contributed by atoms with E-state index in [2.05, 4.69) is 57.9 Å². The molecule has 10 atom stereocenters. The number of aromatic nitrogens is 3. The molecule has 2 fully saturated rings. The summed E-state index contributed by atoms with van der Waals surface area (Å²) in [5, 5.41) is 34.2. The smallest absolute Gasteiger partial charge is 0.274 e. The van der Waals surface area contributed by atoms with Crippen LogP contribution >= 0.6 is 0 Å². The van der Waals surface area contributed by atoms with Gasteiger partial charge in [-0.25, -0.2) is 0 Å². The monoisotopic (exact) mass is 1040 g/mol. The molecule has 9 N–H and O–H groups in total. The Morgan fingerprint density at radius 2 is 0.947 bits per heavy atom. The molecule has 2 aliphatic heterocycles. The predicted octanol–water partition coefficient (Wildman–Crippen LogP) is 1.87. The van der Waals surface area contributed by atoms with Crippen molar-refractivity contribution in [3.8, 4) is 0 Å². The van der Waals surface area contributed by atoms with Crippen molar-refractivity contribution in [1.29, 1.82) is 0 Å². The van der Waals surface area contributed by atoms with Crippen LogP contribution in [0.25, 0.3) is 0 Å². The quantitative estimate of drug-likeness (QED) is 0.0995. The van der Waals surface area contributed by atoms with Gasteiger partial charge in [0.25, 0.3) is 11.8 Å². The van der Waals surface area contributed by atoms with Crippen LogP contribution in [0.3, 0.4) is 0 Å². The van der Waals surface area contributed by atoms with Gasteiger partial charge in [0.2, 0.25) is 35.4 Å². The first-order valence-electron chi connectivity index (χ1n) is 26.4. The molecule has 4 aliphatic rings. The number of likely N-dealkylation sites (N-methyl/N-ethyl adjacent to an activating group) is 2. The van der Waals surface area contributed by atoms with E-state index in [0.717, 1.165) is 47.9 Å². The van der Waals surface area contributed by atoms with Crippen LogP contribution in [0.5, 0.6) is 0 Å². The lowest BCUT2D eigenvalue weighted by molar-refractivity contribution is -0.144. The van der Waals surface area contributed by atoms with Crippen molar-refractivity contribution < 1.29 is 38.4 Å². The van der Waals surface area contributed by atoms with E-state index >= 15 is 0 Å². The first-order chi connectivity index (χ1) is 35.5. The summed E-state index contributed by atoms with van der Waals surface area (Å²) in [6, 6.07) is 8.29. The highest BCUT2D eigenvalue weighted by atomic mass is 16.2. The van der Waals surface area contributed by atoms with Crippen molar-refractivity contribution in [2.24, 2.45) is 10.8 Å². The lowest BCUT2D eigenvalue weighted by Gasteiger charge is -2.36. The van der Waals surface area contributed by atoms with Crippen molar-refractivity contribution in [2.75, 3.05) is 27.2 Å². The van der Waals surface area contributed by atoms with E-state index in [0.29, 0.717) is 12.8 Å². The van der Waals surface area contributed by atoms with Gasteiger partial charge in [-0.15, -0.1) is 10.2 Å². The summed E-state index contributed by atoms with van der Waals surface area (Å²) in [5.41, 5.74) is 2.02. The highest BCUT2D eigenvalue weighted by molar-refractivity contribution is 6.05. The molecule has 2 unspecified atom stereocenters. The SMILES string of the molecule is CN[C@@H](C)C(=O)NC(C(=O)N1C[C@@H](NC(=O)c2n[nH]nc2C(=O)N[C@H]2C[C@@H](C(=O)N[C@@H]3CCCc4ccccc43)N(C(=O)[C@@H](NC(=O)[C@H](C)NC)C(C)(C)C)C2)CC1C(=O)N[C@@H]1CCCc2ccccc21)C(C)(C)C. The van der Waals surface area contributed by atoms with Crippen LogP contribution < -0.4 is 42.5 Å². The standard InChI is InChI=1S/C54H77N13O8/c1-29(55-9)45(68)61-43(53(3,4)5)51(74)66-27-33(25-39(66)47(70)59-37-23-15-19-31-17-11-13-21-35(31)37)57-49(72)41-42(64-65-63-41)50(73)58-34-26-40(48(71)60-38-24-16-20-32-18-12-14-22-36(32)38)67(28-34)52(75)44(54(6,7)8)62-46(69)30(2)56-10/h11-14,17-18,21-22,29-30,33-34,37-40,43-44,55-56H,15-16,19-20,23-28H2,1-10H3,(H,57,72)(H,58,73)(H,59,70)(H,60,71)(H,61,68)(H,62,69)(H,63,64,65)/t29-,30-,33-,34-,37+,38+,39-,40?,43+,44?/m0/s1. The summed E-state index contributed by atoms with van der Waals surface area (Å²) >= 11 is 0. The molecular formula is C54H77N13O8. The van der Waals surface area contributed by atoms with Crippen molar-refractivity contribution >= 4 is 47.3 Å². The largest absolute Gasteiger partial charge is 0.347 e. The lowest BCUT2D eigenvalue weighted by atomic mass is 9.85. The maximum absolute atomic E-state index is 14.7. The van der Waals surface area contributed by atoms with E-state index in [9.17, 15) is 38.4 Å². The average molecular weight is 1040 g/mol. The molecule has 2 saturated heterocycles. The van der Waals surface area contributed by atoms with Crippen LogP contribution in [0.2, 0.25) is 0 Å². The second-order valence-corrected chi connectivity index (χ2v) is 22.8. The molecular weight excluding hydrogens is 959 g/mol. The van der Waals surface area contributed by atoms with E-state index in [-0.39, 0.29) is 49.4 Å². The number of rotatable bonds is 16. The third-order valence-electron chi connectivity index (χ3n) is 15.2. The molecule has 0 bridgehead atoms. The van der Waals surface area contributed by atoms with Crippen LogP contribution in [-0.2, 0) is 41.6 Å². The molecule has 75 heavy (non-hydrogen) atoms. The third-order valence-corrected chi connectivity index (χ3v) is 15.2.